The Bertz CT molecular complexity index is 815. The number of aliphatic hydroxyl groups is 1. The molecular formula is C24H33NO4S. The standard InChI is InChI=1S/C24H33NO4S/c1-5-6-7-8-22(27)19-10-12-20(13-11-19)25(18(3)26)17(2)9-14-21-15-16-23(30-21)24(28)29-4/h10-13,15-17,22,27H,5-9,14H2,1-4H3. The summed E-state index contributed by atoms with van der Waals surface area (Å²) in [5, 5.41) is 10.4. The van der Waals surface area contributed by atoms with E-state index < -0.39 is 6.10 Å². The molecular weight excluding hydrogens is 398 g/mol. The van der Waals surface area contributed by atoms with Gasteiger partial charge in [0.1, 0.15) is 4.88 Å². The summed E-state index contributed by atoms with van der Waals surface area (Å²) in [5.41, 5.74) is 1.72. The summed E-state index contributed by atoms with van der Waals surface area (Å²) >= 11 is 1.43. The lowest BCUT2D eigenvalue weighted by molar-refractivity contribution is -0.117. The number of nitrogens with zero attached hydrogens (tertiary/aromatic N) is 1. The fourth-order valence-electron chi connectivity index (χ4n) is 3.56. The van der Waals surface area contributed by atoms with Crippen molar-refractivity contribution < 1.29 is 19.4 Å². The first kappa shape index (κ1) is 24.1. The Morgan fingerprint density at radius 1 is 1.10 bits per heavy atom. The van der Waals surface area contributed by atoms with Gasteiger partial charge in [0.2, 0.25) is 5.91 Å². The van der Waals surface area contributed by atoms with Gasteiger partial charge in [0.15, 0.2) is 0 Å². The molecule has 0 aliphatic rings. The smallest absolute Gasteiger partial charge is 0.348 e. The minimum absolute atomic E-state index is 0.00602. The number of hydrogen-bond donors (Lipinski definition) is 1. The van der Waals surface area contributed by atoms with Gasteiger partial charge in [-0.15, -0.1) is 11.3 Å². The molecule has 0 bridgehead atoms. The molecule has 6 heteroatoms. The molecule has 0 saturated carbocycles. The number of amides is 1. The first-order chi connectivity index (χ1) is 14.4. The molecule has 0 spiro atoms. The molecule has 0 aliphatic heterocycles. The van der Waals surface area contributed by atoms with Gasteiger partial charge in [-0.05, 0) is 56.0 Å². The van der Waals surface area contributed by atoms with Gasteiger partial charge in [-0.3, -0.25) is 4.79 Å². The Hall–Kier alpha value is -2.18. The van der Waals surface area contributed by atoms with Crippen molar-refractivity contribution in [1.82, 2.24) is 0 Å². The fourth-order valence-corrected chi connectivity index (χ4v) is 4.50. The van der Waals surface area contributed by atoms with Gasteiger partial charge in [0.25, 0.3) is 0 Å². The molecule has 164 valence electrons. The third-order valence-electron chi connectivity index (χ3n) is 5.27. The molecule has 0 fully saturated rings. The van der Waals surface area contributed by atoms with Gasteiger partial charge >= 0.3 is 5.97 Å². The summed E-state index contributed by atoms with van der Waals surface area (Å²) in [5.74, 6) is -0.332. The van der Waals surface area contributed by atoms with Gasteiger partial charge in [0.05, 0.1) is 13.2 Å². The number of aryl methyl sites for hydroxylation is 1. The van der Waals surface area contributed by atoms with E-state index in [1.54, 1.807) is 17.9 Å². The second-order valence-electron chi connectivity index (χ2n) is 7.64. The second kappa shape index (κ2) is 11.9. The minimum atomic E-state index is -0.461. The highest BCUT2D eigenvalue weighted by Crippen LogP contribution is 2.26. The van der Waals surface area contributed by atoms with Gasteiger partial charge in [-0.1, -0.05) is 38.3 Å². The predicted molar refractivity (Wildman–Crippen MR) is 122 cm³/mol. The summed E-state index contributed by atoms with van der Waals surface area (Å²) in [7, 11) is 1.38. The van der Waals surface area contributed by atoms with Crippen molar-refractivity contribution in [2.75, 3.05) is 12.0 Å². The minimum Gasteiger partial charge on any atom is -0.465 e. The fraction of sp³-hybridized carbons (Fsp3) is 0.500. The number of thiophene rings is 1. The molecule has 1 aromatic carbocycles. The highest BCUT2D eigenvalue weighted by Gasteiger charge is 2.20. The lowest BCUT2D eigenvalue weighted by atomic mass is 10.0. The first-order valence-corrected chi connectivity index (χ1v) is 11.4. The van der Waals surface area contributed by atoms with Crippen molar-refractivity contribution in [2.45, 2.75) is 71.4 Å². The average Bonchev–Trinajstić information content (AvgIpc) is 3.21. The van der Waals surface area contributed by atoms with Crippen LogP contribution in [0.25, 0.3) is 0 Å². The van der Waals surface area contributed by atoms with E-state index in [4.69, 9.17) is 4.74 Å². The van der Waals surface area contributed by atoms with Crippen LogP contribution < -0.4 is 4.90 Å². The number of esters is 1. The van der Waals surface area contributed by atoms with Gasteiger partial charge in [0, 0.05) is 23.5 Å². The van der Waals surface area contributed by atoms with Gasteiger partial charge in [-0.2, -0.15) is 0 Å². The number of carbonyl (C=O) groups is 2. The predicted octanol–water partition coefficient (Wildman–Crippen LogP) is 5.52. The summed E-state index contributed by atoms with van der Waals surface area (Å²) in [4.78, 5) is 27.4. The van der Waals surface area contributed by atoms with E-state index in [0.717, 1.165) is 54.7 Å². The number of benzene rings is 1. The van der Waals surface area contributed by atoms with E-state index in [1.165, 1.54) is 18.4 Å². The van der Waals surface area contributed by atoms with Crippen LogP contribution in [-0.2, 0) is 16.0 Å². The van der Waals surface area contributed by atoms with Crippen LogP contribution in [0.5, 0.6) is 0 Å². The zero-order valence-electron chi connectivity index (χ0n) is 18.4. The maximum absolute atomic E-state index is 12.3. The third-order valence-corrected chi connectivity index (χ3v) is 6.40. The monoisotopic (exact) mass is 431 g/mol. The summed E-state index contributed by atoms with van der Waals surface area (Å²) in [6, 6.07) is 11.4. The molecule has 5 nitrogen and oxygen atoms in total. The summed E-state index contributed by atoms with van der Waals surface area (Å²) < 4.78 is 4.76. The molecule has 2 aromatic rings. The number of anilines is 1. The first-order valence-electron chi connectivity index (χ1n) is 10.6. The van der Waals surface area contributed by atoms with Crippen LogP contribution in [0.15, 0.2) is 36.4 Å². The molecule has 1 heterocycles. The number of methoxy groups -OCH3 is 1. The van der Waals surface area contributed by atoms with Crippen molar-refractivity contribution in [3.8, 4) is 0 Å². The van der Waals surface area contributed by atoms with Gasteiger partial charge in [-0.25, -0.2) is 4.79 Å². The third kappa shape index (κ3) is 6.67. The molecule has 0 saturated heterocycles. The number of aliphatic hydroxyl groups excluding tert-OH is 1. The molecule has 2 atom stereocenters. The van der Waals surface area contributed by atoms with Crippen molar-refractivity contribution in [3.63, 3.8) is 0 Å². The van der Waals surface area contributed by atoms with Crippen LogP contribution in [-0.4, -0.2) is 30.1 Å². The van der Waals surface area contributed by atoms with Crippen molar-refractivity contribution in [3.05, 3.63) is 51.7 Å². The summed E-state index contributed by atoms with van der Waals surface area (Å²) in [6.07, 6.45) is 5.12. The molecule has 0 radical (unpaired) electrons. The molecule has 30 heavy (non-hydrogen) atoms. The molecule has 1 N–H and O–H groups in total. The number of hydrogen-bond acceptors (Lipinski definition) is 5. The van der Waals surface area contributed by atoms with Crippen molar-refractivity contribution in [2.24, 2.45) is 0 Å². The van der Waals surface area contributed by atoms with Crippen LogP contribution in [0.4, 0.5) is 5.69 Å². The van der Waals surface area contributed by atoms with E-state index in [9.17, 15) is 14.7 Å². The van der Waals surface area contributed by atoms with Crippen molar-refractivity contribution >= 4 is 28.9 Å². The lowest BCUT2D eigenvalue weighted by Crippen LogP contribution is -2.37. The normalized spacial score (nSPS) is 13.0. The van der Waals surface area contributed by atoms with Crippen LogP contribution in [0.3, 0.4) is 0 Å². The largest absolute Gasteiger partial charge is 0.465 e. The topological polar surface area (TPSA) is 66.8 Å². The number of unbranched alkanes of at least 4 members (excludes halogenated alkanes) is 2. The zero-order chi connectivity index (χ0) is 22.1. The number of carbonyl (C=O) groups excluding carboxylic acids is 2. The second-order valence-corrected chi connectivity index (χ2v) is 8.81. The van der Waals surface area contributed by atoms with E-state index in [0.29, 0.717) is 4.88 Å². The Morgan fingerprint density at radius 3 is 2.40 bits per heavy atom. The highest BCUT2D eigenvalue weighted by molar-refractivity contribution is 7.13. The Kier molecular flexibility index (Phi) is 9.53. The highest BCUT2D eigenvalue weighted by atomic mass is 32.1. The van der Waals surface area contributed by atoms with Crippen LogP contribution in [0.2, 0.25) is 0 Å². The SMILES string of the molecule is CCCCCC(O)c1ccc(N(C(C)=O)C(C)CCc2ccc(C(=O)OC)s2)cc1. The Labute approximate surface area is 183 Å². The van der Waals surface area contributed by atoms with E-state index in [1.807, 2.05) is 37.3 Å². The quantitative estimate of drug-likeness (QED) is 0.376. The van der Waals surface area contributed by atoms with E-state index >= 15 is 0 Å². The Morgan fingerprint density at radius 2 is 1.80 bits per heavy atom. The molecule has 0 aliphatic carbocycles. The van der Waals surface area contributed by atoms with Gasteiger partial charge < -0.3 is 14.7 Å². The number of rotatable bonds is 11. The van der Waals surface area contributed by atoms with Crippen molar-refractivity contribution in [1.29, 1.82) is 0 Å². The van der Waals surface area contributed by atoms with Crippen LogP contribution >= 0.6 is 11.3 Å². The summed E-state index contributed by atoms with van der Waals surface area (Å²) in [6.45, 7) is 5.75. The lowest BCUT2D eigenvalue weighted by Gasteiger charge is -2.28. The average molecular weight is 432 g/mol. The van der Waals surface area contributed by atoms with E-state index in [2.05, 4.69) is 6.92 Å². The molecule has 1 aromatic heterocycles. The van der Waals surface area contributed by atoms with E-state index in [-0.39, 0.29) is 17.9 Å². The molecule has 1 amide bonds. The molecule has 2 rings (SSSR count). The maximum atomic E-state index is 12.3. The molecule has 2 unspecified atom stereocenters. The maximum Gasteiger partial charge on any atom is 0.348 e. The zero-order valence-corrected chi connectivity index (χ0v) is 19.2. The van der Waals surface area contributed by atoms with Crippen LogP contribution in [0.1, 0.15) is 79.1 Å². The Balaban J connectivity index is 2.01. The van der Waals surface area contributed by atoms with Crippen LogP contribution in [0, 0.1) is 0 Å². The number of ether oxygens (including phenoxy) is 1.